The molecule has 0 radical (unpaired) electrons. The molecule has 140 valence electrons. The van der Waals surface area contributed by atoms with Crippen LogP contribution in [0.25, 0.3) is 0 Å². The summed E-state index contributed by atoms with van der Waals surface area (Å²) in [6.07, 6.45) is 13.2. The van der Waals surface area contributed by atoms with Gasteiger partial charge in [-0.2, -0.15) is 0 Å². The van der Waals surface area contributed by atoms with Crippen molar-refractivity contribution in [3.05, 3.63) is 36.9 Å². The number of rotatable bonds is 15. The zero-order valence-electron chi connectivity index (χ0n) is 15.3. The van der Waals surface area contributed by atoms with Crippen molar-refractivity contribution in [2.75, 3.05) is 13.2 Å². The number of hydrogen-bond acceptors (Lipinski definition) is 4. The number of unbranched alkanes of at least 4 members (excludes halogenated alkanes) is 9. The lowest BCUT2D eigenvalue weighted by Crippen LogP contribution is -2.01. The third-order valence-electron chi connectivity index (χ3n) is 4.06. The Morgan fingerprint density at radius 2 is 1.32 bits per heavy atom. The minimum absolute atomic E-state index is 0.267. The number of carbonyl (C=O) groups is 1. The lowest BCUT2D eigenvalue weighted by Gasteiger charge is -2.06. The van der Waals surface area contributed by atoms with Crippen LogP contribution in [0.3, 0.4) is 0 Å². The first-order valence-electron chi connectivity index (χ1n) is 9.43. The van der Waals surface area contributed by atoms with E-state index in [-0.39, 0.29) is 11.7 Å². The molecule has 0 heterocycles. The highest BCUT2D eigenvalue weighted by atomic mass is 16.5. The fourth-order valence-corrected chi connectivity index (χ4v) is 2.58. The van der Waals surface area contributed by atoms with Gasteiger partial charge in [-0.15, -0.1) is 0 Å². The Bertz CT molecular complexity index is 467. The van der Waals surface area contributed by atoms with Gasteiger partial charge in [0.15, 0.2) is 0 Å². The van der Waals surface area contributed by atoms with Crippen LogP contribution in [0.5, 0.6) is 11.5 Å². The quantitative estimate of drug-likeness (QED) is 0.262. The second-order valence-corrected chi connectivity index (χ2v) is 6.25. The zero-order chi connectivity index (χ0) is 18.2. The molecule has 0 aliphatic heterocycles. The molecule has 0 fully saturated rings. The van der Waals surface area contributed by atoms with Gasteiger partial charge in [0.2, 0.25) is 0 Å². The van der Waals surface area contributed by atoms with Gasteiger partial charge in [0.25, 0.3) is 0 Å². The van der Waals surface area contributed by atoms with Crippen LogP contribution in [-0.4, -0.2) is 24.3 Å². The summed E-state index contributed by atoms with van der Waals surface area (Å²) in [4.78, 5) is 10.8. The molecule has 0 aliphatic rings. The number of aromatic hydroxyl groups is 1. The summed E-state index contributed by atoms with van der Waals surface area (Å²) in [6.45, 7) is 4.62. The van der Waals surface area contributed by atoms with Gasteiger partial charge in [0, 0.05) is 6.08 Å². The van der Waals surface area contributed by atoms with Crippen LogP contribution in [0.15, 0.2) is 36.9 Å². The normalized spacial score (nSPS) is 10.4. The van der Waals surface area contributed by atoms with Crippen LogP contribution in [0.2, 0.25) is 0 Å². The highest BCUT2D eigenvalue weighted by Crippen LogP contribution is 2.16. The molecule has 0 unspecified atom stereocenters. The highest BCUT2D eigenvalue weighted by molar-refractivity contribution is 5.81. The van der Waals surface area contributed by atoms with Crippen LogP contribution >= 0.6 is 0 Å². The maximum Gasteiger partial charge on any atom is 0.330 e. The van der Waals surface area contributed by atoms with Crippen LogP contribution in [-0.2, 0) is 9.53 Å². The third-order valence-corrected chi connectivity index (χ3v) is 4.06. The molecule has 0 amide bonds. The third kappa shape index (κ3) is 12.1. The van der Waals surface area contributed by atoms with Crippen molar-refractivity contribution in [2.24, 2.45) is 0 Å². The number of esters is 1. The SMILES string of the molecule is C=CC(=O)OCCCCCCCCCCCCOc1ccc(O)cc1. The molecule has 1 aromatic carbocycles. The lowest BCUT2D eigenvalue weighted by atomic mass is 10.1. The van der Waals surface area contributed by atoms with Gasteiger partial charge >= 0.3 is 5.97 Å². The maximum absolute atomic E-state index is 10.8. The van der Waals surface area contributed by atoms with E-state index in [1.165, 1.54) is 51.0 Å². The summed E-state index contributed by atoms with van der Waals surface area (Å²) in [5.74, 6) is 0.758. The maximum atomic E-state index is 10.8. The Labute approximate surface area is 151 Å². The Balaban J connectivity index is 1.78. The number of carbonyl (C=O) groups excluding carboxylic acids is 1. The van der Waals surface area contributed by atoms with Crippen LogP contribution < -0.4 is 4.74 Å². The monoisotopic (exact) mass is 348 g/mol. The standard InChI is InChI=1S/C21H32O4/c1-2-21(23)25-18-12-10-8-6-4-3-5-7-9-11-17-24-20-15-13-19(22)14-16-20/h2,13-16,22H,1,3-12,17-18H2. The van der Waals surface area contributed by atoms with Crippen molar-refractivity contribution in [1.29, 1.82) is 0 Å². The van der Waals surface area contributed by atoms with Crippen molar-refractivity contribution < 1.29 is 19.4 Å². The van der Waals surface area contributed by atoms with E-state index in [0.717, 1.165) is 31.6 Å². The molecule has 0 saturated heterocycles. The summed E-state index contributed by atoms with van der Waals surface area (Å²) in [5, 5.41) is 9.19. The van der Waals surface area contributed by atoms with E-state index in [1.807, 2.05) is 0 Å². The molecular weight excluding hydrogens is 316 g/mol. The van der Waals surface area contributed by atoms with Crippen molar-refractivity contribution in [3.63, 3.8) is 0 Å². The molecule has 0 aromatic heterocycles. The number of ether oxygens (including phenoxy) is 2. The number of phenols is 1. The molecule has 4 heteroatoms. The van der Waals surface area contributed by atoms with E-state index in [1.54, 1.807) is 24.3 Å². The first kappa shape index (κ1) is 21.1. The van der Waals surface area contributed by atoms with Crippen molar-refractivity contribution >= 4 is 5.97 Å². The second kappa shape index (κ2) is 14.4. The molecular formula is C21H32O4. The Kier molecular flexibility index (Phi) is 12.1. The summed E-state index contributed by atoms with van der Waals surface area (Å²) >= 11 is 0. The molecule has 0 saturated carbocycles. The summed E-state index contributed by atoms with van der Waals surface area (Å²) in [6, 6.07) is 6.86. The molecule has 0 aliphatic carbocycles. The largest absolute Gasteiger partial charge is 0.508 e. The van der Waals surface area contributed by atoms with Gasteiger partial charge < -0.3 is 14.6 Å². The lowest BCUT2D eigenvalue weighted by molar-refractivity contribution is -0.137. The first-order valence-corrected chi connectivity index (χ1v) is 9.43. The van der Waals surface area contributed by atoms with Crippen molar-refractivity contribution in [3.8, 4) is 11.5 Å². The van der Waals surface area contributed by atoms with Crippen LogP contribution in [0.1, 0.15) is 64.2 Å². The minimum atomic E-state index is -0.325. The van der Waals surface area contributed by atoms with E-state index in [0.29, 0.717) is 6.61 Å². The van der Waals surface area contributed by atoms with Gasteiger partial charge in [-0.3, -0.25) is 0 Å². The number of benzene rings is 1. The minimum Gasteiger partial charge on any atom is -0.508 e. The highest BCUT2D eigenvalue weighted by Gasteiger charge is 1.97. The Morgan fingerprint density at radius 3 is 1.84 bits per heavy atom. The summed E-state index contributed by atoms with van der Waals surface area (Å²) in [5.41, 5.74) is 0. The molecule has 25 heavy (non-hydrogen) atoms. The fourth-order valence-electron chi connectivity index (χ4n) is 2.58. The van der Waals surface area contributed by atoms with E-state index in [9.17, 15) is 9.90 Å². The molecule has 1 rings (SSSR count). The fraction of sp³-hybridized carbons (Fsp3) is 0.571. The van der Waals surface area contributed by atoms with E-state index in [2.05, 4.69) is 6.58 Å². The van der Waals surface area contributed by atoms with Gasteiger partial charge in [0.05, 0.1) is 13.2 Å². The Hall–Kier alpha value is -1.97. The average Bonchev–Trinajstić information content (AvgIpc) is 2.63. The van der Waals surface area contributed by atoms with Gasteiger partial charge in [-0.05, 0) is 37.1 Å². The molecule has 4 nitrogen and oxygen atoms in total. The summed E-state index contributed by atoms with van der Waals surface area (Å²) in [7, 11) is 0. The topological polar surface area (TPSA) is 55.8 Å². The molecule has 0 spiro atoms. The van der Waals surface area contributed by atoms with Crippen molar-refractivity contribution in [2.45, 2.75) is 64.2 Å². The molecule has 1 aromatic rings. The van der Waals surface area contributed by atoms with Crippen LogP contribution in [0, 0.1) is 0 Å². The van der Waals surface area contributed by atoms with E-state index in [4.69, 9.17) is 9.47 Å². The van der Waals surface area contributed by atoms with Gasteiger partial charge in [-0.1, -0.05) is 57.9 Å². The Morgan fingerprint density at radius 1 is 0.840 bits per heavy atom. The van der Waals surface area contributed by atoms with Crippen LogP contribution in [0.4, 0.5) is 0 Å². The smallest absolute Gasteiger partial charge is 0.330 e. The predicted molar refractivity (Wildman–Crippen MR) is 101 cm³/mol. The second-order valence-electron chi connectivity index (χ2n) is 6.25. The molecule has 0 bridgehead atoms. The zero-order valence-corrected chi connectivity index (χ0v) is 15.3. The van der Waals surface area contributed by atoms with Gasteiger partial charge in [0.1, 0.15) is 11.5 Å². The van der Waals surface area contributed by atoms with Gasteiger partial charge in [-0.25, -0.2) is 4.79 Å². The number of phenolic OH excluding ortho intramolecular Hbond substituents is 1. The van der Waals surface area contributed by atoms with E-state index < -0.39 is 0 Å². The predicted octanol–water partition coefficient (Wildman–Crippen LogP) is 5.40. The number of hydrogen-bond donors (Lipinski definition) is 1. The van der Waals surface area contributed by atoms with Crippen molar-refractivity contribution in [1.82, 2.24) is 0 Å². The average molecular weight is 348 g/mol. The first-order chi connectivity index (χ1) is 12.2. The molecule has 0 atom stereocenters. The summed E-state index contributed by atoms with van der Waals surface area (Å²) < 4.78 is 10.6. The molecule has 1 N–H and O–H groups in total. The van der Waals surface area contributed by atoms with E-state index >= 15 is 0 Å².